The first kappa shape index (κ1) is 17.3. The van der Waals surface area contributed by atoms with Crippen LogP contribution in [0, 0.1) is 0 Å². The topological polar surface area (TPSA) is 64.6 Å². The fourth-order valence-corrected chi connectivity index (χ4v) is 2.03. The van der Waals surface area contributed by atoms with Crippen LogP contribution >= 0.6 is 0 Å². The highest BCUT2D eigenvalue weighted by Gasteiger charge is 2.15. The number of carbonyl (C=O) groups excluding carboxylic acids is 2. The van der Waals surface area contributed by atoms with Gasteiger partial charge >= 0.3 is 12.2 Å². The van der Waals surface area contributed by atoms with E-state index in [9.17, 15) is 9.59 Å². The summed E-state index contributed by atoms with van der Waals surface area (Å²) in [5, 5.41) is 2.03. The van der Waals surface area contributed by atoms with Gasteiger partial charge in [0.1, 0.15) is 12.7 Å². The van der Waals surface area contributed by atoms with Crippen LogP contribution in [-0.2, 0) is 22.5 Å². The third-order valence-electron chi connectivity index (χ3n) is 3.22. The summed E-state index contributed by atoms with van der Waals surface area (Å²) in [6.07, 6.45) is -0.256. The maximum atomic E-state index is 11.7. The molecule has 0 aliphatic heterocycles. The number of benzene rings is 2. The van der Waals surface area contributed by atoms with Gasteiger partial charge in [0.25, 0.3) is 0 Å². The Balaban J connectivity index is 1.76. The molecule has 0 saturated carbocycles. The number of imide groups is 1. The third kappa shape index (κ3) is 5.96. The second kappa shape index (κ2) is 9.15. The van der Waals surface area contributed by atoms with Crippen molar-refractivity contribution in [3.8, 4) is 0 Å². The van der Waals surface area contributed by atoms with E-state index in [0.717, 1.165) is 11.1 Å². The Hall–Kier alpha value is -3.08. The number of hydrogen-bond donors (Lipinski definition) is 1. The van der Waals surface area contributed by atoms with E-state index in [-0.39, 0.29) is 6.61 Å². The molecule has 0 aliphatic carbocycles. The Morgan fingerprint density at radius 1 is 0.958 bits per heavy atom. The summed E-state index contributed by atoms with van der Waals surface area (Å²) in [7, 11) is 0. The van der Waals surface area contributed by atoms with Gasteiger partial charge < -0.3 is 9.47 Å². The molecule has 0 aromatic heterocycles. The highest BCUT2D eigenvalue weighted by atomic mass is 16.6. The monoisotopic (exact) mass is 325 g/mol. The largest absolute Gasteiger partial charge is 0.444 e. The summed E-state index contributed by atoms with van der Waals surface area (Å²) in [5.74, 6) is 0. The highest BCUT2D eigenvalue weighted by molar-refractivity contribution is 5.87. The molecule has 0 unspecified atom stereocenters. The van der Waals surface area contributed by atoms with Crippen LogP contribution in [0.5, 0.6) is 0 Å². The summed E-state index contributed by atoms with van der Waals surface area (Å²) in [5.41, 5.74) is 1.83. The second-order valence-electron chi connectivity index (χ2n) is 5.06. The van der Waals surface area contributed by atoms with E-state index in [1.807, 2.05) is 66.0 Å². The number of alkyl carbamates (subject to hydrolysis) is 2. The molecule has 5 nitrogen and oxygen atoms in total. The van der Waals surface area contributed by atoms with Crippen molar-refractivity contribution in [1.29, 1.82) is 0 Å². The molecule has 0 spiro atoms. The van der Waals surface area contributed by atoms with Crippen molar-refractivity contribution < 1.29 is 19.1 Å². The zero-order chi connectivity index (χ0) is 17.2. The van der Waals surface area contributed by atoms with Gasteiger partial charge in [0, 0.05) is 6.42 Å². The van der Waals surface area contributed by atoms with Crippen LogP contribution in [0.2, 0.25) is 0 Å². The van der Waals surface area contributed by atoms with Crippen LogP contribution in [0.3, 0.4) is 0 Å². The molecule has 0 heterocycles. The second-order valence-corrected chi connectivity index (χ2v) is 5.06. The molecular weight excluding hydrogens is 306 g/mol. The van der Waals surface area contributed by atoms with Crippen molar-refractivity contribution in [1.82, 2.24) is 5.32 Å². The zero-order valence-corrected chi connectivity index (χ0v) is 13.2. The predicted octanol–water partition coefficient (Wildman–Crippen LogP) is 3.85. The minimum Gasteiger partial charge on any atom is -0.444 e. The van der Waals surface area contributed by atoms with Gasteiger partial charge in [-0.05, 0) is 11.1 Å². The standard InChI is InChI=1S/C19H19NO4/c1-2-17(13-15-9-5-3-6-10-15)24-19(22)20-18(21)23-14-16-11-7-4-8-12-16/h2-12,17H,1,13-14H2,(H,20,21,22)/t17-/m1/s1. The zero-order valence-electron chi connectivity index (χ0n) is 13.2. The lowest BCUT2D eigenvalue weighted by atomic mass is 10.1. The van der Waals surface area contributed by atoms with Gasteiger partial charge in [0.05, 0.1) is 0 Å². The summed E-state index contributed by atoms with van der Waals surface area (Å²) in [6, 6.07) is 18.7. The maximum absolute atomic E-state index is 11.7. The number of amides is 2. The van der Waals surface area contributed by atoms with E-state index in [1.165, 1.54) is 6.08 Å². The van der Waals surface area contributed by atoms with Gasteiger partial charge in [-0.15, -0.1) is 0 Å². The van der Waals surface area contributed by atoms with Crippen molar-refractivity contribution >= 4 is 12.2 Å². The lowest BCUT2D eigenvalue weighted by Crippen LogP contribution is -2.34. The summed E-state index contributed by atoms with van der Waals surface area (Å²) in [6.45, 7) is 3.72. The SMILES string of the molecule is C=C[C@H](Cc1ccccc1)OC(=O)NC(=O)OCc1ccccc1. The summed E-state index contributed by atoms with van der Waals surface area (Å²) in [4.78, 5) is 23.3. The normalized spacial score (nSPS) is 11.2. The molecule has 1 N–H and O–H groups in total. The predicted molar refractivity (Wildman–Crippen MR) is 90.4 cm³/mol. The van der Waals surface area contributed by atoms with Crippen molar-refractivity contribution in [2.75, 3.05) is 0 Å². The fraction of sp³-hybridized carbons (Fsp3) is 0.158. The number of rotatable bonds is 6. The van der Waals surface area contributed by atoms with E-state index in [1.54, 1.807) is 0 Å². The Labute approximate surface area is 140 Å². The lowest BCUT2D eigenvalue weighted by molar-refractivity contribution is 0.106. The van der Waals surface area contributed by atoms with Crippen LogP contribution in [-0.4, -0.2) is 18.3 Å². The van der Waals surface area contributed by atoms with E-state index in [4.69, 9.17) is 9.47 Å². The van der Waals surface area contributed by atoms with Gasteiger partial charge in [-0.1, -0.05) is 73.3 Å². The van der Waals surface area contributed by atoms with Crippen molar-refractivity contribution in [2.24, 2.45) is 0 Å². The Bertz CT molecular complexity index is 670. The first-order valence-corrected chi connectivity index (χ1v) is 7.52. The van der Waals surface area contributed by atoms with Crippen LogP contribution in [0.4, 0.5) is 9.59 Å². The van der Waals surface area contributed by atoms with Gasteiger partial charge in [-0.2, -0.15) is 0 Å². The lowest BCUT2D eigenvalue weighted by Gasteiger charge is -2.14. The van der Waals surface area contributed by atoms with Crippen molar-refractivity contribution in [3.63, 3.8) is 0 Å². The third-order valence-corrected chi connectivity index (χ3v) is 3.22. The molecule has 5 heteroatoms. The molecule has 24 heavy (non-hydrogen) atoms. The Morgan fingerprint density at radius 2 is 1.54 bits per heavy atom. The van der Waals surface area contributed by atoms with E-state index in [2.05, 4.69) is 6.58 Å². The number of hydrogen-bond acceptors (Lipinski definition) is 4. The highest BCUT2D eigenvalue weighted by Crippen LogP contribution is 2.07. The Morgan fingerprint density at radius 3 is 2.12 bits per heavy atom. The van der Waals surface area contributed by atoms with Crippen molar-refractivity contribution in [2.45, 2.75) is 19.1 Å². The van der Waals surface area contributed by atoms with E-state index in [0.29, 0.717) is 6.42 Å². The Kier molecular flexibility index (Phi) is 6.58. The van der Waals surface area contributed by atoms with Crippen LogP contribution < -0.4 is 5.32 Å². The van der Waals surface area contributed by atoms with Gasteiger partial charge in [0.2, 0.25) is 0 Å². The number of carbonyl (C=O) groups is 2. The molecule has 124 valence electrons. The quantitative estimate of drug-likeness (QED) is 0.819. The first-order valence-electron chi connectivity index (χ1n) is 7.52. The fourth-order valence-electron chi connectivity index (χ4n) is 2.03. The smallest absolute Gasteiger partial charge is 0.417 e. The summed E-state index contributed by atoms with van der Waals surface area (Å²) >= 11 is 0. The summed E-state index contributed by atoms with van der Waals surface area (Å²) < 4.78 is 10.1. The molecule has 2 aromatic carbocycles. The molecule has 2 aromatic rings. The minimum absolute atomic E-state index is 0.0782. The average Bonchev–Trinajstić information content (AvgIpc) is 2.61. The molecule has 0 bridgehead atoms. The van der Waals surface area contributed by atoms with E-state index >= 15 is 0 Å². The molecule has 1 atom stereocenters. The average molecular weight is 325 g/mol. The van der Waals surface area contributed by atoms with Crippen LogP contribution in [0.1, 0.15) is 11.1 Å². The van der Waals surface area contributed by atoms with Gasteiger partial charge in [-0.25, -0.2) is 14.9 Å². The minimum atomic E-state index is -0.867. The molecule has 0 saturated heterocycles. The van der Waals surface area contributed by atoms with E-state index < -0.39 is 18.3 Å². The van der Waals surface area contributed by atoms with Crippen LogP contribution in [0.15, 0.2) is 73.3 Å². The van der Waals surface area contributed by atoms with Gasteiger partial charge in [-0.3, -0.25) is 0 Å². The molecule has 2 amide bonds. The van der Waals surface area contributed by atoms with Crippen LogP contribution in [0.25, 0.3) is 0 Å². The number of ether oxygens (including phenoxy) is 2. The molecule has 2 rings (SSSR count). The molecule has 0 aliphatic rings. The first-order chi connectivity index (χ1) is 11.7. The molecule has 0 radical (unpaired) electrons. The maximum Gasteiger partial charge on any atom is 0.417 e. The molecule has 0 fully saturated rings. The van der Waals surface area contributed by atoms with Crippen molar-refractivity contribution in [3.05, 3.63) is 84.4 Å². The van der Waals surface area contributed by atoms with Gasteiger partial charge in [0.15, 0.2) is 0 Å². The number of nitrogens with one attached hydrogen (secondary N) is 1. The molecular formula is C19H19NO4.